The van der Waals surface area contributed by atoms with Crippen molar-refractivity contribution in [3.05, 3.63) is 23.8 Å². The highest BCUT2D eigenvalue weighted by atomic mass is 16.2. The minimum atomic E-state index is 0.358. The van der Waals surface area contributed by atoms with E-state index in [9.17, 15) is 4.79 Å². The van der Waals surface area contributed by atoms with Crippen LogP contribution < -0.4 is 0 Å². The fraction of sp³-hybridized carbons (Fsp3) is 0.737. The Balaban J connectivity index is 1.42. The molecule has 24 heavy (non-hydrogen) atoms. The van der Waals surface area contributed by atoms with Gasteiger partial charge in [0, 0.05) is 38.2 Å². The van der Waals surface area contributed by atoms with E-state index < -0.39 is 0 Å². The molecule has 0 atom stereocenters. The maximum atomic E-state index is 11.7. The Hall–Kier alpha value is -1.49. The number of amides is 1. The van der Waals surface area contributed by atoms with Crippen LogP contribution in [0.15, 0.2) is 12.3 Å². The smallest absolute Gasteiger partial charge is 0.222 e. The Labute approximate surface area is 145 Å². The molecule has 5 nitrogen and oxygen atoms in total. The first-order valence-corrected chi connectivity index (χ1v) is 9.44. The Morgan fingerprint density at radius 1 is 1.25 bits per heavy atom. The second kappa shape index (κ2) is 8.06. The van der Waals surface area contributed by atoms with E-state index in [2.05, 4.69) is 33.6 Å². The third kappa shape index (κ3) is 4.53. The minimum absolute atomic E-state index is 0.358. The number of aromatic nitrogens is 2. The minimum Gasteiger partial charge on any atom is -0.343 e. The average Bonchev–Trinajstić information content (AvgIpc) is 2.99. The maximum absolute atomic E-state index is 11.7. The molecule has 0 N–H and O–H groups in total. The molecule has 1 aromatic heterocycles. The highest BCUT2D eigenvalue weighted by Gasteiger charge is 2.23. The molecule has 2 aliphatic heterocycles. The Kier molecular flexibility index (Phi) is 5.82. The monoisotopic (exact) mass is 330 g/mol. The van der Waals surface area contributed by atoms with Crippen molar-refractivity contribution in [3.8, 4) is 0 Å². The zero-order chi connectivity index (χ0) is 16.9. The van der Waals surface area contributed by atoms with Gasteiger partial charge in [-0.25, -0.2) is 9.97 Å². The van der Waals surface area contributed by atoms with Crippen molar-refractivity contribution in [2.24, 2.45) is 5.92 Å². The molecule has 1 aromatic rings. The lowest BCUT2D eigenvalue weighted by atomic mass is 9.93. The summed E-state index contributed by atoms with van der Waals surface area (Å²) in [5, 5.41) is 0. The Morgan fingerprint density at radius 2 is 2.04 bits per heavy atom. The van der Waals surface area contributed by atoms with Gasteiger partial charge < -0.3 is 4.90 Å². The van der Waals surface area contributed by atoms with Crippen molar-refractivity contribution in [1.29, 1.82) is 0 Å². The van der Waals surface area contributed by atoms with Crippen LogP contribution in [0.25, 0.3) is 0 Å². The fourth-order valence-corrected chi connectivity index (χ4v) is 3.72. The van der Waals surface area contributed by atoms with Gasteiger partial charge in [0.15, 0.2) is 0 Å². The topological polar surface area (TPSA) is 49.3 Å². The van der Waals surface area contributed by atoms with Gasteiger partial charge >= 0.3 is 0 Å². The zero-order valence-corrected chi connectivity index (χ0v) is 15.1. The third-order valence-corrected chi connectivity index (χ3v) is 5.32. The molecule has 0 unspecified atom stereocenters. The maximum Gasteiger partial charge on any atom is 0.222 e. The van der Waals surface area contributed by atoms with Gasteiger partial charge in [0.25, 0.3) is 0 Å². The van der Waals surface area contributed by atoms with Crippen LogP contribution in [0.1, 0.15) is 63.4 Å². The normalized spacial score (nSPS) is 20.3. The van der Waals surface area contributed by atoms with E-state index >= 15 is 0 Å². The summed E-state index contributed by atoms with van der Waals surface area (Å²) in [7, 11) is 0. The average molecular weight is 330 g/mol. The summed E-state index contributed by atoms with van der Waals surface area (Å²) in [5.41, 5.74) is 1.13. The quantitative estimate of drug-likeness (QED) is 0.805. The fourth-order valence-electron chi connectivity index (χ4n) is 3.72. The number of hydrogen-bond acceptors (Lipinski definition) is 4. The van der Waals surface area contributed by atoms with Crippen molar-refractivity contribution in [3.63, 3.8) is 0 Å². The number of hydrogen-bond donors (Lipinski definition) is 0. The SMILES string of the molecule is CC(C)c1nccc(CN2CCC(CCN3CCCC3=O)CC2)n1. The molecular weight excluding hydrogens is 300 g/mol. The van der Waals surface area contributed by atoms with E-state index in [1.807, 2.05) is 12.3 Å². The highest BCUT2D eigenvalue weighted by Crippen LogP contribution is 2.23. The number of piperidine rings is 1. The molecule has 0 spiro atoms. The summed E-state index contributed by atoms with van der Waals surface area (Å²) in [6.45, 7) is 9.42. The van der Waals surface area contributed by atoms with Crippen molar-refractivity contribution in [1.82, 2.24) is 19.8 Å². The van der Waals surface area contributed by atoms with Crippen LogP contribution in [-0.4, -0.2) is 51.9 Å². The summed E-state index contributed by atoms with van der Waals surface area (Å²) in [6, 6.07) is 2.04. The van der Waals surface area contributed by atoms with E-state index in [1.165, 1.54) is 19.3 Å². The molecule has 2 saturated heterocycles. The van der Waals surface area contributed by atoms with E-state index in [-0.39, 0.29) is 0 Å². The standard InChI is InChI=1S/C19H30N4O/c1-15(2)19-20-9-5-17(21-19)14-22-11-6-16(7-12-22)8-13-23-10-3-4-18(23)24/h5,9,15-16H,3-4,6-8,10-14H2,1-2H3. The molecule has 1 amide bonds. The second-order valence-corrected chi connectivity index (χ2v) is 7.55. The molecule has 0 radical (unpaired) electrons. The number of rotatable bonds is 6. The summed E-state index contributed by atoms with van der Waals surface area (Å²) in [6.07, 6.45) is 7.35. The van der Waals surface area contributed by atoms with Crippen molar-refractivity contribution in [2.75, 3.05) is 26.2 Å². The van der Waals surface area contributed by atoms with Crippen LogP contribution in [0, 0.1) is 5.92 Å². The van der Waals surface area contributed by atoms with Gasteiger partial charge in [0.1, 0.15) is 5.82 Å². The van der Waals surface area contributed by atoms with Crippen molar-refractivity contribution < 1.29 is 4.79 Å². The van der Waals surface area contributed by atoms with Crippen LogP contribution >= 0.6 is 0 Å². The van der Waals surface area contributed by atoms with Crippen LogP contribution in [0.5, 0.6) is 0 Å². The molecule has 3 rings (SSSR count). The second-order valence-electron chi connectivity index (χ2n) is 7.55. The predicted molar refractivity (Wildman–Crippen MR) is 94.6 cm³/mol. The molecule has 2 fully saturated rings. The van der Waals surface area contributed by atoms with E-state index in [0.29, 0.717) is 11.8 Å². The van der Waals surface area contributed by atoms with Gasteiger partial charge in [-0.2, -0.15) is 0 Å². The summed E-state index contributed by atoms with van der Waals surface area (Å²) < 4.78 is 0. The molecule has 0 aromatic carbocycles. The van der Waals surface area contributed by atoms with Gasteiger partial charge in [-0.15, -0.1) is 0 Å². The predicted octanol–water partition coefficient (Wildman–Crippen LogP) is 2.82. The molecule has 0 bridgehead atoms. The van der Waals surface area contributed by atoms with Crippen LogP contribution in [0.2, 0.25) is 0 Å². The van der Waals surface area contributed by atoms with E-state index in [0.717, 1.165) is 63.0 Å². The first kappa shape index (κ1) is 17.3. The molecule has 0 aliphatic carbocycles. The number of carbonyl (C=O) groups excluding carboxylic acids is 1. The Morgan fingerprint density at radius 3 is 2.71 bits per heavy atom. The molecule has 132 valence electrons. The molecule has 2 aliphatic rings. The van der Waals surface area contributed by atoms with Crippen molar-refractivity contribution in [2.45, 2.75) is 58.4 Å². The highest BCUT2D eigenvalue weighted by molar-refractivity contribution is 5.77. The Bertz CT molecular complexity index is 552. The summed E-state index contributed by atoms with van der Waals surface area (Å²) in [4.78, 5) is 25.3. The van der Waals surface area contributed by atoms with Crippen LogP contribution in [0.3, 0.4) is 0 Å². The largest absolute Gasteiger partial charge is 0.343 e. The summed E-state index contributed by atoms with van der Waals surface area (Å²) >= 11 is 0. The zero-order valence-electron chi connectivity index (χ0n) is 15.1. The first-order valence-electron chi connectivity index (χ1n) is 9.44. The number of nitrogens with zero attached hydrogens (tertiary/aromatic N) is 4. The molecular formula is C19H30N4O. The van der Waals surface area contributed by atoms with Gasteiger partial charge in [0.05, 0.1) is 5.69 Å². The summed E-state index contributed by atoms with van der Waals surface area (Å²) in [5.74, 6) is 2.45. The van der Waals surface area contributed by atoms with E-state index in [1.54, 1.807) is 0 Å². The van der Waals surface area contributed by atoms with Gasteiger partial charge in [0.2, 0.25) is 5.91 Å². The third-order valence-electron chi connectivity index (χ3n) is 5.32. The molecule has 3 heterocycles. The first-order chi connectivity index (χ1) is 11.6. The lowest BCUT2D eigenvalue weighted by molar-refractivity contribution is -0.127. The van der Waals surface area contributed by atoms with Crippen LogP contribution in [0.4, 0.5) is 0 Å². The van der Waals surface area contributed by atoms with Crippen LogP contribution in [-0.2, 0) is 11.3 Å². The molecule has 5 heteroatoms. The van der Waals surface area contributed by atoms with Crippen molar-refractivity contribution >= 4 is 5.91 Å². The van der Waals surface area contributed by atoms with Gasteiger partial charge in [-0.3, -0.25) is 9.69 Å². The van der Waals surface area contributed by atoms with Gasteiger partial charge in [-0.1, -0.05) is 13.8 Å². The lowest BCUT2D eigenvalue weighted by Gasteiger charge is -2.32. The number of likely N-dealkylation sites (tertiary alicyclic amines) is 2. The number of carbonyl (C=O) groups is 1. The van der Waals surface area contributed by atoms with E-state index in [4.69, 9.17) is 0 Å². The lowest BCUT2D eigenvalue weighted by Crippen LogP contribution is -2.35. The van der Waals surface area contributed by atoms with Gasteiger partial charge in [-0.05, 0) is 50.8 Å². The molecule has 0 saturated carbocycles.